The summed E-state index contributed by atoms with van der Waals surface area (Å²) in [6.07, 6.45) is 8.91. The zero-order valence-electron chi connectivity index (χ0n) is 12.5. The molecule has 2 rings (SSSR count). The first-order chi connectivity index (χ1) is 9.02. The highest BCUT2D eigenvalue weighted by atomic mass is 32.1. The molecule has 0 aliphatic heterocycles. The number of hydrogen-bond donors (Lipinski definition) is 1. The normalized spacial score (nSPS) is 28.3. The first-order valence-corrected chi connectivity index (χ1v) is 8.49. The summed E-state index contributed by atoms with van der Waals surface area (Å²) in [4.78, 5) is 5.88. The lowest BCUT2D eigenvalue weighted by Crippen LogP contribution is -2.30. The molecule has 1 aliphatic carbocycles. The summed E-state index contributed by atoms with van der Waals surface area (Å²) in [5.74, 6) is 0.832. The average Bonchev–Trinajstić information content (AvgIpc) is 2.55. The largest absolute Gasteiger partial charge is 0.389 e. The van der Waals surface area contributed by atoms with Gasteiger partial charge in [0, 0.05) is 11.3 Å². The second-order valence-electron chi connectivity index (χ2n) is 6.24. The zero-order valence-corrected chi connectivity index (χ0v) is 13.4. The highest BCUT2D eigenvalue weighted by Gasteiger charge is 2.31. The molecule has 1 heterocycles. The van der Waals surface area contributed by atoms with Gasteiger partial charge >= 0.3 is 0 Å². The molecule has 1 N–H and O–H groups in total. The molecule has 2 atom stereocenters. The quantitative estimate of drug-likeness (QED) is 0.829. The summed E-state index contributed by atoms with van der Waals surface area (Å²) in [5, 5.41) is 12.0. The van der Waals surface area contributed by atoms with Crippen LogP contribution in [-0.2, 0) is 6.42 Å². The van der Waals surface area contributed by atoms with Crippen LogP contribution in [0.2, 0.25) is 0 Å². The molecule has 19 heavy (non-hydrogen) atoms. The van der Waals surface area contributed by atoms with E-state index in [-0.39, 0.29) is 0 Å². The van der Waals surface area contributed by atoms with Crippen molar-refractivity contribution < 1.29 is 5.11 Å². The first kappa shape index (κ1) is 15.0. The van der Waals surface area contributed by atoms with Crippen molar-refractivity contribution in [2.45, 2.75) is 77.7 Å². The minimum absolute atomic E-state index is 0.501. The van der Waals surface area contributed by atoms with E-state index in [1.807, 2.05) is 0 Å². The Morgan fingerprint density at radius 3 is 2.74 bits per heavy atom. The predicted molar refractivity (Wildman–Crippen MR) is 81.7 cm³/mol. The van der Waals surface area contributed by atoms with Crippen molar-refractivity contribution in [2.75, 3.05) is 0 Å². The topological polar surface area (TPSA) is 33.1 Å². The number of nitrogens with zero attached hydrogens (tertiary/aromatic N) is 1. The maximum Gasteiger partial charge on any atom is 0.0959 e. The van der Waals surface area contributed by atoms with Crippen LogP contribution in [0, 0.1) is 19.8 Å². The molecule has 108 valence electrons. The fourth-order valence-electron chi connectivity index (χ4n) is 3.23. The van der Waals surface area contributed by atoms with Gasteiger partial charge in [-0.25, -0.2) is 4.98 Å². The molecule has 1 fully saturated rings. The van der Waals surface area contributed by atoms with Crippen LogP contribution in [0.4, 0.5) is 0 Å². The van der Waals surface area contributed by atoms with Crippen molar-refractivity contribution in [3.8, 4) is 0 Å². The summed E-state index contributed by atoms with van der Waals surface area (Å²) in [7, 11) is 0. The second-order valence-corrected chi connectivity index (χ2v) is 7.52. The minimum atomic E-state index is -0.501. The molecule has 3 heteroatoms. The monoisotopic (exact) mass is 281 g/mol. The van der Waals surface area contributed by atoms with Gasteiger partial charge in [-0.1, -0.05) is 32.6 Å². The Labute approximate surface area is 121 Å². The molecule has 0 spiro atoms. The molecule has 2 unspecified atom stereocenters. The van der Waals surface area contributed by atoms with E-state index in [4.69, 9.17) is 0 Å². The Hall–Kier alpha value is -0.410. The van der Waals surface area contributed by atoms with E-state index in [1.54, 1.807) is 11.3 Å². The van der Waals surface area contributed by atoms with Gasteiger partial charge in [-0.15, -0.1) is 11.3 Å². The lowest BCUT2D eigenvalue weighted by atomic mass is 9.90. The minimum Gasteiger partial charge on any atom is -0.389 e. The zero-order chi connectivity index (χ0) is 13.9. The van der Waals surface area contributed by atoms with Crippen LogP contribution in [0.1, 0.15) is 67.4 Å². The number of aromatic nitrogens is 1. The van der Waals surface area contributed by atoms with E-state index in [1.165, 1.54) is 37.0 Å². The van der Waals surface area contributed by atoms with Crippen LogP contribution in [0.15, 0.2) is 0 Å². The third-order valence-electron chi connectivity index (χ3n) is 4.52. The summed E-state index contributed by atoms with van der Waals surface area (Å²) < 4.78 is 0. The molecule has 2 nitrogen and oxygen atoms in total. The number of thiazole rings is 1. The van der Waals surface area contributed by atoms with Crippen molar-refractivity contribution in [2.24, 2.45) is 5.92 Å². The smallest absolute Gasteiger partial charge is 0.0959 e. The van der Waals surface area contributed by atoms with Gasteiger partial charge in [-0.3, -0.25) is 0 Å². The molecule has 0 saturated heterocycles. The summed E-state index contributed by atoms with van der Waals surface area (Å²) in [6.45, 7) is 6.44. The van der Waals surface area contributed by atoms with Gasteiger partial charge in [-0.2, -0.15) is 0 Å². The lowest BCUT2D eigenvalue weighted by molar-refractivity contribution is 0.0240. The number of aryl methyl sites for hydroxylation is 2. The molecule has 0 amide bonds. The molecule has 1 aromatic rings. The van der Waals surface area contributed by atoms with Crippen LogP contribution in [0.3, 0.4) is 0 Å². The predicted octanol–water partition coefficient (Wildman–Crippen LogP) is 4.41. The molecule has 0 aromatic carbocycles. The number of aliphatic hydroxyl groups is 1. The maximum atomic E-state index is 10.9. The first-order valence-electron chi connectivity index (χ1n) is 7.68. The Morgan fingerprint density at radius 2 is 2.11 bits per heavy atom. The molecule has 0 radical (unpaired) electrons. The van der Waals surface area contributed by atoms with Crippen molar-refractivity contribution in [3.05, 3.63) is 15.6 Å². The van der Waals surface area contributed by atoms with Gasteiger partial charge in [-0.05, 0) is 39.0 Å². The standard InChI is InChI=1S/C16H27NOS/c1-4-6-14-7-5-9-16(18,10-8-14)11-15-17-12(2)13(3)19-15/h14,18H,4-11H2,1-3H3. The molecule has 1 saturated carbocycles. The van der Waals surface area contributed by atoms with E-state index in [9.17, 15) is 5.11 Å². The molecule has 1 aliphatic rings. The molecule has 1 aromatic heterocycles. The van der Waals surface area contributed by atoms with Crippen LogP contribution in [-0.4, -0.2) is 15.7 Å². The van der Waals surface area contributed by atoms with Crippen LogP contribution < -0.4 is 0 Å². The second kappa shape index (κ2) is 6.36. The van der Waals surface area contributed by atoms with Crippen LogP contribution in [0.5, 0.6) is 0 Å². The van der Waals surface area contributed by atoms with Gasteiger partial charge in [0.05, 0.1) is 16.3 Å². The summed E-state index contributed by atoms with van der Waals surface area (Å²) >= 11 is 1.75. The van der Waals surface area contributed by atoms with E-state index in [0.29, 0.717) is 0 Å². The van der Waals surface area contributed by atoms with E-state index in [0.717, 1.165) is 35.9 Å². The van der Waals surface area contributed by atoms with Crippen molar-refractivity contribution in [3.63, 3.8) is 0 Å². The summed E-state index contributed by atoms with van der Waals surface area (Å²) in [5.41, 5.74) is 0.625. The van der Waals surface area contributed by atoms with Gasteiger partial charge in [0.1, 0.15) is 0 Å². The van der Waals surface area contributed by atoms with Gasteiger partial charge in [0.25, 0.3) is 0 Å². The van der Waals surface area contributed by atoms with E-state index < -0.39 is 5.60 Å². The Morgan fingerprint density at radius 1 is 1.32 bits per heavy atom. The number of rotatable bonds is 4. The maximum absolute atomic E-state index is 10.9. The SMILES string of the molecule is CCCC1CCCC(O)(Cc2nc(C)c(C)s2)CC1. The molecular formula is C16H27NOS. The third-order valence-corrected chi connectivity index (χ3v) is 5.60. The Balaban J connectivity index is 1.98. The van der Waals surface area contributed by atoms with Crippen molar-refractivity contribution in [1.29, 1.82) is 0 Å². The van der Waals surface area contributed by atoms with Crippen LogP contribution in [0.25, 0.3) is 0 Å². The average molecular weight is 281 g/mol. The number of hydrogen-bond acceptors (Lipinski definition) is 3. The third kappa shape index (κ3) is 4.03. The van der Waals surface area contributed by atoms with E-state index in [2.05, 4.69) is 25.8 Å². The molecular weight excluding hydrogens is 254 g/mol. The Bertz CT molecular complexity index is 395. The highest BCUT2D eigenvalue weighted by Crippen LogP contribution is 2.35. The fraction of sp³-hybridized carbons (Fsp3) is 0.812. The van der Waals surface area contributed by atoms with Crippen molar-refractivity contribution >= 4 is 11.3 Å². The fourth-order valence-corrected chi connectivity index (χ4v) is 4.30. The summed E-state index contributed by atoms with van der Waals surface area (Å²) in [6, 6.07) is 0. The van der Waals surface area contributed by atoms with Crippen molar-refractivity contribution in [1.82, 2.24) is 4.98 Å². The van der Waals surface area contributed by atoms with Gasteiger partial charge in [0.15, 0.2) is 0 Å². The van der Waals surface area contributed by atoms with Gasteiger partial charge in [0.2, 0.25) is 0 Å². The Kier molecular flexibility index (Phi) is 5.02. The van der Waals surface area contributed by atoms with Gasteiger partial charge < -0.3 is 5.11 Å². The van der Waals surface area contributed by atoms with E-state index >= 15 is 0 Å². The lowest BCUT2D eigenvalue weighted by Gasteiger charge is -2.25. The molecule has 0 bridgehead atoms. The highest BCUT2D eigenvalue weighted by molar-refractivity contribution is 7.11. The van der Waals surface area contributed by atoms with Crippen LogP contribution >= 0.6 is 11.3 Å².